The molecule has 0 saturated carbocycles. The summed E-state index contributed by atoms with van der Waals surface area (Å²) in [7, 11) is 0. The Morgan fingerprint density at radius 2 is 2.44 bits per heavy atom. The Bertz CT molecular complexity index is 445. The zero-order valence-corrected chi connectivity index (χ0v) is 10.1. The number of rotatable bonds is 3. The van der Waals surface area contributed by atoms with E-state index < -0.39 is 11.4 Å². The van der Waals surface area contributed by atoms with Crippen LogP contribution in [0.1, 0.15) is 19.0 Å². The number of carboxylic acid groups (broad SMARTS) is 1. The Morgan fingerprint density at radius 1 is 1.67 bits per heavy atom. The topological polar surface area (TPSA) is 98.3 Å². The van der Waals surface area contributed by atoms with Crippen molar-refractivity contribution in [2.45, 2.75) is 19.9 Å². The average Bonchev–Trinajstić information content (AvgIpc) is 2.95. The van der Waals surface area contributed by atoms with Crippen LogP contribution in [0.15, 0.2) is 12.5 Å². The van der Waals surface area contributed by atoms with Crippen LogP contribution in [0.25, 0.3) is 0 Å². The number of imidazole rings is 1. The molecular weight excluding hydrogens is 236 g/mol. The Kier molecular flexibility index (Phi) is 3.22. The van der Waals surface area contributed by atoms with Gasteiger partial charge in [0.05, 0.1) is 24.0 Å². The number of hydrogen-bond acceptors (Lipinski definition) is 3. The lowest BCUT2D eigenvalue weighted by molar-refractivity contribution is -0.146. The predicted molar refractivity (Wildman–Crippen MR) is 62.8 cm³/mol. The minimum Gasteiger partial charge on any atom is -0.481 e. The van der Waals surface area contributed by atoms with Gasteiger partial charge in [-0.1, -0.05) is 0 Å². The largest absolute Gasteiger partial charge is 0.481 e. The summed E-state index contributed by atoms with van der Waals surface area (Å²) in [4.78, 5) is 31.2. The van der Waals surface area contributed by atoms with Gasteiger partial charge in [-0.25, -0.2) is 9.78 Å². The highest BCUT2D eigenvalue weighted by Crippen LogP contribution is 2.29. The van der Waals surface area contributed by atoms with Gasteiger partial charge in [-0.05, 0) is 13.3 Å². The maximum Gasteiger partial charge on any atom is 0.317 e. The highest BCUT2D eigenvalue weighted by molar-refractivity contribution is 5.79. The smallest absolute Gasteiger partial charge is 0.317 e. The van der Waals surface area contributed by atoms with Crippen LogP contribution in [0.3, 0.4) is 0 Å². The molecule has 1 aromatic heterocycles. The van der Waals surface area contributed by atoms with Gasteiger partial charge in [0.2, 0.25) is 0 Å². The van der Waals surface area contributed by atoms with Gasteiger partial charge in [-0.3, -0.25) is 4.79 Å². The molecule has 0 bridgehead atoms. The van der Waals surface area contributed by atoms with Gasteiger partial charge in [0.25, 0.3) is 0 Å². The summed E-state index contributed by atoms with van der Waals surface area (Å²) >= 11 is 0. The third-order valence-corrected chi connectivity index (χ3v) is 3.26. The van der Waals surface area contributed by atoms with E-state index in [0.29, 0.717) is 19.5 Å². The van der Waals surface area contributed by atoms with Gasteiger partial charge >= 0.3 is 12.0 Å². The van der Waals surface area contributed by atoms with Crippen molar-refractivity contribution >= 4 is 12.0 Å². The number of carboxylic acids is 1. The van der Waals surface area contributed by atoms with Gasteiger partial charge in [-0.2, -0.15) is 0 Å². The predicted octanol–water partition coefficient (Wildman–Crippen LogP) is 0.416. The number of aliphatic carboxylic acids is 1. The fourth-order valence-electron chi connectivity index (χ4n) is 1.97. The lowest BCUT2D eigenvalue weighted by Crippen LogP contribution is -2.40. The first-order valence-corrected chi connectivity index (χ1v) is 5.75. The van der Waals surface area contributed by atoms with E-state index in [2.05, 4.69) is 15.3 Å². The van der Waals surface area contributed by atoms with Gasteiger partial charge in [0.1, 0.15) is 0 Å². The molecule has 2 heterocycles. The third-order valence-electron chi connectivity index (χ3n) is 3.26. The second-order valence-corrected chi connectivity index (χ2v) is 4.77. The summed E-state index contributed by atoms with van der Waals surface area (Å²) in [6.07, 6.45) is 3.66. The lowest BCUT2D eigenvalue weighted by atomic mass is 9.90. The van der Waals surface area contributed by atoms with Crippen LogP contribution in [-0.4, -0.2) is 45.1 Å². The van der Waals surface area contributed by atoms with Crippen LogP contribution >= 0.6 is 0 Å². The number of nitrogens with zero attached hydrogens (tertiary/aromatic N) is 2. The summed E-state index contributed by atoms with van der Waals surface area (Å²) in [5.41, 5.74) is -0.0192. The molecule has 2 rings (SSSR count). The molecule has 7 heteroatoms. The summed E-state index contributed by atoms with van der Waals surface area (Å²) in [5, 5.41) is 11.8. The van der Waals surface area contributed by atoms with Crippen LogP contribution in [0.2, 0.25) is 0 Å². The first kappa shape index (κ1) is 12.4. The molecule has 1 aliphatic rings. The molecule has 0 aliphatic carbocycles. The molecule has 0 radical (unpaired) electrons. The SMILES string of the molecule is CC1(C(=O)O)CCN(C(=O)NCc2cnc[nH]2)C1. The average molecular weight is 252 g/mol. The van der Waals surface area contributed by atoms with E-state index in [1.54, 1.807) is 19.4 Å². The van der Waals surface area contributed by atoms with Crippen LogP contribution in [-0.2, 0) is 11.3 Å². The molecular formula is C11H16N4O3. The Labute approximate surface area is 104 Å². The van der Waals surface area contributed by atoms with Crippen molar-refractivity contribution in [2.75, 3.05) is 13.1 Å². The number of carbonyl (C=O) groups is 2. The number of aromatic amines is 1. The van der Waals surface area contributed by atoms with E-state index in [1.165, 1.54) is 4.90 Å². The molecule has 7 nitrogen and oxygen atoms in total. The van der Waals surface area contributed by atoms with Crippen molar-refractivity contribution in [2.24, 2.45) is 5.41 Å². The molecule has 1 aromatic rings. The zero-order valence-electron chi connectivity index (χ0n) is 10.1. The van der Waals surface area contributed by atoms with Crippen molar-refractivity contribution in [3.8, 4) is 0 Å². The fourth-order valence-corrected chi connectivity index (χ4v) is 1.97. The standard InChI is InChI=1S/C11H16N4O3/c1-11(9(16)17)2-3-15(6-11)10(18)13-5-8-4-12-7-14-8/h4,7H,2-3,5-6H2,1H3,(H,12,14)(H,13,18)(H,16,17). The van der Waals surface area contributed by atoms with Crippen LogP contribution in [0.4, 0.5) is 4.79 Å². The maximum atomic E-state index is 11.8. The molecule has 1 saturated heterocycles. The first-order valence-electron chi connectivity index (χ1n) is 5.75. The fraction of sp³-hybridized carbons (Fsp3) is 0.545. The summed E-state index contributed by atoms with van der Waals surface area (Å²) in [6, 6.07) is -0.241. The van der Waals surface area contributed by atoms with E-state index in [0.717, 1.165) is 5.69 Å². The van der Waals surface area contributed by atoms with E-state index >= 15 is 0 Å². The van der Waals surface area contributed by atoms with Crippen LogP contribution < -0.4 is 5.32 Å². The van der Waals surface area contributed by atoms with Crippen molar-refractivity contribution in [1.82, 2.24) is 20.2 Å². The number of H-pyrrole nitrogens is 1. The molecule has 3 N–H and O–H groups in total. The van der Waals surface area contributed by atoms with Crippen molar-refractivity contribution in [1.29, 1.82) is 0 Å². The van der Waals surface area contributed by atoms with Crippen molar-refractivity contribution < 1.29 is 14.7 Å². The third kappa shape index (κ3) is 2.44. The molecule has 98 valence electrons. The number of aromatic nitrogens is 2. The number of carbonyl (C=O) groups excluding carboxylic acids is 1. The molecule has 18 heavy (non-hydrogen) atoms. The van der Waals surface area contributed by atoms with E-state index in [-0.39, 0.29) is 12.6 Å². The van der Waals surface area contributed by atoms with Crippen molar-refractivity contribution in [3.63, 3.8) is 0 Å². The maximum absolute atomic E-state index is 11.8. The quantitative estimate of drug-likeness (QED) is 0.725. The number of hydrogen-bond donors (Lipinski definition) is 3. The normalized spacial score (nSPS) is 23.1. The van der Waals surface area contributed by atoms with Crippen LogP contribution in [0, 0.1) is 5.41 Å². The second-order valence-electron chi connectivity index (χ2n) is 4.77. The monoisotopic (exact) mass is 252 g/mol. The second kappa shape index (κ2) is 4.67. The van der Waals surface area contributed by atoms with Crippen molar-refractivity contribution in [3.05, 3.63) is 18.2 Å². The molecule has 0 aromatic carbocycles. The lowest BCUT2D eigenvalue weighted by Gasteiger charge is -2.20. The molecule has 0 spiro atoms. The van der Waals surface area contributed by atoms with E-state index in [4.69, 9.17) is 5.11 Å². The number of nitrogens with one attached hydrogen (secondary N) is 2. The van der Waals surface area contributed by atoms with Crippen LogP contribution in [0.5, 0.6) is 0 Å². The molecule has 2 amide bonds. The molecule has 1 aliphatic heterocycles. The van der Waals surface area contributed by atoms with Gasteiger partial charge in [0, 0.05) is 19.3 Å². The molecule has 1 atom stereocenters. The Morgan fingerprint density at radius 3 is 3.00 bits per heavy atom. The van der Waals surface area contributed by atoms with E-state index in [1.807, 2.05) is 0 Å². The van der Waals surface area contributed by atoms with Gasteiger partial charge < -0.3 is 20.3 Å². The number of amides is 2. The number of likely N-dealkylation sites (tertiary alicyclic amines) is 1. The summed E-state index contributed by atoms with van der Waals surface area (Å²) in [5.74, 6) is -0.855. The number of urea groups is 1. The summed E-state index contributed by atoms with van der Waals surface area (Å²) < 4.78 is 0. The molecule has 1 unspecified atom stereocenters. The van der Waals surface area contributed by atoms with Gasteiger partial charge in [-0.15, -0.1) is 0 Å². The van der Waals surface area contributed by atoms with E-state index in [9.17, 15) is 9.59 Å². The minimum absolute atomic E-state index is 0.241. The highest BCUT2D eigenvalue weighted by atomic mass is 16.4. The summed E-state index contributed by atoms with van der Waals surface area (Å²) in [6.45, 7) is 2.74. The highest BCUT2D eigenvalue weighted by Gasteiger charge is 2.42. The Hall–Kier alpha value is -2.05. The zero-order chi connectivity index (χ0) is 13.2. The molecule has 1 fully saturated rings. The van der Waals surface area contributed by atoms with Gasteiger partial charge in [0.15, 0.2) is 0 Å². The Balaban J connectivity index is 1.86. The first-order chi connectivity index (χ1) is 8.51. The minimum atomic E-state index is -0.855.